The Labute approximate surface area is 82.2 Å². The molecule has 0 heterocycles. The van der Waals surface area contributed by atoms with Crippen LogP contribution in [0.5, 0.6) is 0 Å². The molecule has 1 N–H and O–H groups in total. The number of carboxylic acid groups (broad SMARTS) is 1. The zero-order chi connectivity index (χ0) is 10.0. The van der Waals surface area contributed by atoms with E-state index in [1.165, 1.54) is 0 Å². The minimum atomic E-state index is -0.829. The maximum atomic E-state index is 10.5. The highest BCUT2D eigenvalue weighted by Gasteiger charge is 2.06. The molecule has 1 aromatic rings. The van der Waals surface area contributed by atoms with Crippen LogP contribution in [0.4, 0.5) is 0 Å². The van der Waals surface area contributed by atoms with Gasteiger partial charge in [0.25, 0.3) is 0 Å². The molecule has 0 unspecified atom stereocenters. The Morgan fingerprint density at radius 3 is 2.62 bits per heavy atom. The van der Waals surface area contributed by atoms with Crippen molar-refractivity contribution in [1.82, 2.24) is 0 Å². The molecular weight excluding hydrogens is 188 g/mol. The van der Waals surface area contributed by atoms with Gasteiger partial charge in [-0.2, -0.15) is 0 Å². The number of carbonyl (C=O) groups is 1. The average Bonchev–Trinajstić information content (AvgIpc) is 1.98. The van der Waals surface area contributed by atoms with Gasteiger partial charge in [0.1, 0.15) is 0 Å². The first-order valence-electron chi connectivity index (χ1n) is 3.98. The third-order valence-corrected chi connectivity index (χ3v) is 2.30. The van der Waals surface area contributed by atoms with Crippen LogP contribution in [-0.4, -0.2) is 11.1 Å². The monoisotopic (exact) mass is 198 g/mol. The van der Waals surface area contributed by atoms with Crippen molar-refractivity contribution in [2.24, 2.45) is 0 Å². The summed E-state index contributed by atoms with van der Waals surface area (Å²) in [6.45, 7) is 3.83. The van der Waals surface area contributed by atoms with Crippen molar-refractivity contribution in [2.45, 2.75) is 20.3 Å². The summed E-state index contributed by atoms with van der Waals surface area (Å²) in [6.07, 6.45) is 0.0350. The fourth-order valence-electron chi connectivity index (χ4n) is 1.23. The third kappa shape index (κ3) is 2.46. The van der Waals surface area contributed by atoms with Crippen LogP contribution in [0.2, 0.25) is 5.02 Å². The molecule has 0 fully saturated rings. The minimum Gasteiger partial charge on any atom is -0.481 e. The minimum absolute atomic E-state index is 0.0350. The largest absolute Gasteiger partial charge is 0.481 e. The summed E-state index contributed by atoms with van der Waals surface area (Å²) in [4.78, 5) is 10.5. The lowest BCUT2D eigenvalue weighted by molar-refractivity contribution is -0.136. The van der Waals surface area contributed by atoms with Gasteiger partial charge >= 0.3 is 5.97 Å². The molecular formula is C10H11ClO2. The van der Waals surface area contributed by atoms with Crippen molar-refractivity contribution in [2.75, 3.05) is 0 Å². The van der Waals surface area contributed by atoms with Crippen molar-refractivity contribution in [3.8, 4) is 0 Å². The molecule has 70 valence electrons. The first-order chi connectivity index (χ1) is 6.00. The van der Waals surface area contributed by atoms with E-state index in [0.717, 1.165) is 16.7 Å². The van der Waals surface area contributed by atoms with Crippen molar-refractivity contribution in [3.05, 3.63) is 33.8 Å². The second-order valence-corrected chi connectivity index (χ2v) is 3.51. The summed E-state index contributed by atoms with van der Waals surface area (Å²) in [6, 6.07) is 3.54. The van der Waals surface area contributed by atoms with Crippen LogP contribution in [0.15, 0.2) is 12.1 Å². The van der Waals surface area contributed by atoms with Gasteiger partial charge in [-0.3, -0.25) is 4.79 Å². The van der Waals surface area contributed by atoms with Crippen LogP contribution in [0.25, 0.3) is 0 Å². The molecule has 0 aliphatic carbocycles. The van der Waals surface area contributed by atoms with Gasteiger partial charge in [0.2, 0.25) is 0 Å². The second-order valence-electron chi connectivity index (χ2n) is 3.08. The highest BCUT2D eigenvalue weighted by Crippen LogP contribution is 2.20. The van der Waals surface area contributed by atoms with Crippen LogP contribution in [-0.2, 0) is 11.2 Å². The van der Waals surface area contributed by atoms with E-state index in [2.05, 4.69) is 0 Å². The first-order valence-corrected chi connectivity index (χ1v) is 4.36. The number of benzene rings is 1. The predicted octanol–water partition coefficient (Wildman–Crippen LogP) is 2.58. The fraction of sp³-hybridized carbons (Fsp3) is 0.300. The summed E-state index contributed by atoms with van der Waals surface area (Å²) in [5.41, 5.74) is 2.83. The van der Waals surface area contributed by atoms with Gasteiger partial charge in [-0.25, -0.2) is 0 Å². The molecule has 0 amide bonds. The lowest BCUT2D eigenvalue weighted by Crippen LogP contribution is -2.02. The van der Waals surface area contributed by atoms with E-state index in [9.17, 15) is 4.79 Å². The van der Waals surface area contributed by atoms with E-state index in [1.54, 1.807) is 6.07 Å². The summed E-state index contributed by atoms with van der Waals surface area (Å²) in [5, 5.41) is 9.23. The smallest absolute Gasteiger partial charge is 0.307 e. The predicted molar refractivity (Wildman–Crippen MR) is 52.3 cm³/mol. The Kier molecular flexibility index (Phi) is 2.94. The van der Waals surface area contributed by atoms with E-state index >= 15 is 0 Å². The number of hydrogen-bond acceptors (Lipinski definition) is 1. The molecule has 2 nitrogen and oxygen atoms in total. The molecule has 1 rings (SSSR count). The van der Waals surface area contributed by atoms with Gasteiger partial charge in [-0.1, -0.05) is 11.6 Å². The van der Waals surface area contributed by atoms with Crippen LogP contribution >= 0.6 is 11.6 Å². The molecule has 0 spiro atoms. The maximum absolute atomic E-state index is 10.5. The normalized spacial score (nSPS) is 10.1. The highest BCUT2D eigenvalue weighted by atomic mass is 35.5. The van der Waals surface area contributed by atoms with Crippen molar-refractivity contribution >= 4 is 17.6 Å². The Morgan fingerprint density at radius 1 is 1.46 bits per heavy atom. The Morgan fingerprint density at radius 2 is 2.08 bits per heavy atom. The topological polar surface area (TPSA) is 37.3 Å². The van der Waals surface area contributed by atoms with Gasteiger partial charge in [0.05, 0.1) is 6.42 Å². The fourth-order valence-corrected chi connectivity index (χ4v) is 1.53. The summed E-state index contributed by atoms with van der Waals surface area (Å²) in [5.74, 6) is -0.829. The van der Waals surface area contributed by atoms with Gasteiger partial charge < -0.3 is 5.11 Å². The highest BCUT2D eigenvalue weighted by molar-refractivity contribution is 6.30. The Balaban J connectivity index is 3.12. The second kappa shape index (κ2) is 3.79. The summed E-state index contributed by atoms with van der Waals surface area (Å²) in [7, 11) is 0. The zero-order valence-corrected chi connectivity index (χ0v) is 8.35. The van der Waals surface area contributed by atoms with Crippen molar-refractivity contribution in [1.29, 1.82) is 0 Å². The molecule has 0 atom stereocenters. The van der Waals surface area contributed by atoms with Crippen LogP contribution in [0.3, 0.4) is 0 Å². The lowest BCUT2D eigenvalue weighted by Gasteiger charge is -2.07. The van der Waals surface area contributed by atoms with Gasteiger partial charge in [-0.15, -0.1) is 0 Å². The molecule has 0 saturated heterocycles. The number of carboxylic acids is 1. The van der Waals surface area contributed by atoms with E-state index in [4.69, 9.17) is 16.7 Å². The van der Waals surface area contributed by atoms with Gasteiger partial charge in [0.15, 0.2) is 0 Å². The zero-order valence-electron chi connectivity index (χ0n) is 7.60. The Hall–Kier alpha value is -1.02. The first kappa shape index (κ1) is 10.1. The standard InChI is InChI=1S/C10H11ClO2/c1-6-3-9(11)4-8(7(6)2)5-10(12)13/h3-4H,5H2,1-2H3,(H,12,13). The molecule has 0 radical (unpaired) electrons. The molecule has 0 aromatic heterocycles. The van der Waals surface area contributed by atoms with Crippen molar-refractivity contribution < 1.29 is 9.90 Å². The van der Waals surface area contributed by atoms with E-state index in [-0.39, 0.29) is 6.42 Å². The quantitative estimate of drug-likeness (QED) is 0.793. The third-order valence-electron chi connectivity index (χ3n) is 2.08. The molecule has 1 aromatic carbocycles. The number of rotatable bonds is 2. The van der Waals surface area contributed by atoms with Gasteiger partial charge in [0, 0.05) is 5.02 Å². The van der Waals surface area contributed by atoms with E-state index < -0.39 is 5.97 Å². The number of aliphatic carboxylic acids is 1. The van der Waals surface area contributed by atoms with E-state index in [1.807, 2.05) is 19.9 Å². The molecule has 3 heteroatoms. The average molecular weight is 199 g/mol. The van der Waals surface area contributed by atoms with Gasteiger partial charge in [-0.05, 0) is 42.7 Å². The SMILES string of the molecule is Cc1cc(Cl)cc(CC(=O)O)c1C. The molecule has 13 heavy (non-hydrogen) atoms. The number of hydrogen-bond donors (Lipinski definition) is 1. The molecule has 0 aliphatic rings. The molecule has 0 bridgehead atoms. The maximum Gasteiger partial charge on any atom is 0.307 e. The molecule has 0 saturated carbocycles. The van der Waals surface area contributed by atoms with E-state index in [0.29, 0.717) is 5.02 Å². The van der Waals surface area contributed by atoms with Crippen LogP contribution in [0.1, 0.15) is 16.7 Å². The molecule has 0 aliphatic heterocycles. The van der Waals surface area contributed by atoms with Crippen LogP contribution < -0.4 is 0 Å². The number of aryl methyl sites for hydroxylation is 1. The summed E-state index contributed by atoms with van der Waals surface area (Å²) >= 11 is 5.81. The summed E-state index contributed by atoms with van der Waals surface area (Å²) < 4.78 is 0. The number of halogens is 1. The lowest BCUT2D eigenvalue weighted by atomic mass is 10.0. The van der Waals surface area contributed by atoms with Crippen molar-refractivity contribution in [3.63, 3.8) is 0 Å². The van der Waals surface area contributed by atoms with Crippen LogP contribution in [0, 0.1) is 13.8 Å². The Bertz CT molecular complexity index is 345.